The predicted molar refractivity (Wildman–Crippen MR) is 81.2 cm³/mol. The summed E-state index contributed by atoms with van der Waals surface area (Å²) in [6.07, 6.45) is 9.61. The molecule has 17 heavy (non-hydrogen) atoms. The summed E-state index contributed by atoms with van der Waals surface area (Å²) >= 11 is 11.9. The summed E-state index contributed by atoms with van der Waals surface area (Å²) in [6.45, 7) is 2.14. The van der Waals surface area contributed by atoms with E-state index in [0.29, 0.717) is 0 Å². The molecule has 0 spiro atoms. The minimum Gasteiger partial charge on any atom is -0.143 e. The monoisotopic (exact) mass is 334 g/mol. The van der Waals surface area contributed by atoms with Gasteiger partial charge in [0.15, 0.2) is 0 Å². The van der Waals surface area contributed by atoms with E-state index in [0.717, 1.165) is 12.3 Å². The summed E-state index contributed by atoms with van der Waals surface area (Å²) in [7, 11) is 0. The SMILES string of the molecule is Cc1sc(C(Cl)CCC2CCCCC2)cc1Br. The van der Waals surface area contributed by atoms with Crippen LogP contribution in [-0.2, 0) is 0 Å². The largest absolute Gasteiger partial charge is 0.143 e. The van der Waals surface area contributed by atoms with Gasteiger partial charge in [0, 0.05) is 14.2 Å². The van der Waals surface area contributed by atoms with Crippen molar-refractivity contribution in [3.8, 4) is 0 Å². The summed E-state index contributed by atoms with van der Waals surface area (Å²) in [6, 6.07) is 2.19. The van der Waals surface area contributed by atoms with Gasteiger partial charge in [0.1, 0.15) is 0 Å². The van der Waals surface area contributed by atoms with Crippen LogP contribution in [0.15, 0.2) is 10.5 Å². The van der Waals surface area contributed by atoms with Gasteiger partial charge in [-0.3, -0.25) is 0 Å². The average molecular weight is 336 g/mol. The molecule has 0 aromatic carbocycles. The Labute approximate surface area is 122 Å². The maximum absolute atomic E-state index is 6.50. The Bertz CT molecular complexity index is 336. The maximum atomic E-state index is 6.50. The summed E-state index contributed by atoms with van der Waals surface area (Å²) in [5, 5.41) is 0.215. The standard InChI is InChI=1S/C14H20BrClS/c1-10-12(15)9-14(17-10)13(16)8-7-11-5-3-2-4-6-11/h9,11,13H,2-8H2,1H3. The van der Waals surface area contributed by atoms with Gasteiger partial charge in [-0.25, -0.2) is 0 Å². The molecule has 0 nitrogen and oxygen atoms in total. The highest BCUT2D eigenvalue weighted by Crippen LogP contribution is 2.38. The smallest absolute Gasteiger partial charge is 0.0679 e. The quantitative estimate of drug-likeness (QED) is 0.554. The molecule has 1 fully saturated rings. The third-order valence-electron chi connectivity index (χ3n) is 3.74. The normalized spacial score (nSPS) is 19.5. The Hall–Kier alpha value is 0.470. The van der Waals surface area contributed by atoms with E-state index in [-0.39, 0.29) is 5.38 Å². The van der Waals surface area contributed by atoms with Gasteiger partial charge in [0.2, 0.25) is 0 Å². The Morgan fingerprint density at radius 2 is 2.12 bits per heavy atom. The molecule has 1 unspecified atom stereocenters. The highest BCUT2D eigenvalue weighted by Gasteiger charge is 2.17. The Morgan fingerprint density at radius 3 is 2.71 bits per heavy atom. The number of rotatable bonds is 4. The van der Waals surface area contributed by atoms with Gasteiger partial charge in [-0.1, -0.05) is 32.1 Å². The number of hydrogen-bond donors (Lipinski definition) is 0. The first-order chi connectivity index (χ1) is 8.16. The Morgan fingerprint density at radius 1 is 1.41 bits per heavy atom. The predicted octanol–water partition coefficient (Wildman–Crippen LogP) is 6.46. The molecule has 0 saturated heterocycles. The minimum absolute atomic E-state index is 0.215. The highest BCUT2D eigenvalue weighted by atomic mass is 79.9. The van der Waals surface area contributed by atoms with Crippen molar-refractivity contribution in [1.29, 1.82) is 0 Å². The van der Waals surface area contributed by atoms with Crippen LogP contribution >= 0.6 is 38.9 Å². The van der Waals surface area contributed by atoms with Crippen LogP contribution in [0, 0.1) is 12.8 Å². The van der Waals surface area contributed by atoms with Crippen LogP contribution in [0.2, 0.25) is 0 Å². The van der Waals surface area contributed by atoms with E-state index >= 15 is 0 Å². The van der Waals surface area contributed by atoms with Crippen LogP contribution in [0.25, 0.3) is 0 Å². The van der Waals surface area contributed by atoms with Crippen LogP contribution in [-0.4, -0.2) is 0 Å². The third-order valence-corrected chi connectivity index (χ3v) is 6.57. The van der Waals surface area contributed by atoms with Crippen LogP contribution in [0.3, 0.4) is 0 Å². The lowest BCUT2D eigenvalue weighted by Gasteiger charge is -2.22. The fourth-order valence-corrected chi connectivity index (χ4v) is 4.53. The lowest BCUT2D eigenvalue weighted by atomic mass is 9.86. The van der Waals surface area contributed by atoms with E-state index in [1.165, 1.54) is 52.8 Å². The molecule has 96 valence electrons. The van der Waals surface area contributed by atoms with E-state index in [4.69, 9.17) is 11.6 Å². The molecule has 0 amide bonds. The first-order valence-corrected chi connectivity index (χ1v) is 8.61. The lowest BCUT2D eigenvalue weighted by molar-refractivity contribution is 0.331. The zero-order valence-corrected chi connectivity index (χ0v) is 13.5. The topological polar surface area (TPSA) is 0 Å². The molecule has 1 aliphatic rings. The van der Waals surface area contributed by atoms with Crippen molar-refractivity contribution in [3.05, 3.63) is 20.3 Å². The zero-order chi connectivity index (χ0) is 12.3. The average Bonchev–Trinajstić information content (AvgIpc) is 2.68. The maximum Gasteiger partial charge on any atom is 0.0679 e. The van der Waals surface area contributed by atoms with Gasteiger partial charge in [-0.2, -0.15) is 0 Å². The fourth-order valence-electron chi connectivity index (χ4n) is 2.64. The third kappa shape index (κ3) is 3.97. The number of halogens is 2. The van der Waals surface area contributed by atoms with Crippen molar-refractivity contribution in [3.63, 3.8) is 0 Å². The molecule has 1 heterocycles. The molecule has 1 aromatic heterocycles. The molecule has 1 aliphatic carbocycles. The van der Waals surface area contributed by atoms with Crippen molar-refractivity contribution in [2.45, 2.75) is 57.2 Å². The second kappa shape index (κ2) is 6.58. The lowest BCUT2D eigenvalue weighted by Crippen LogP contribution is -2.06. The van der Waals surface area contributed by atoms with Gasteiger partial charge in [0.25, 0.3) is 0 Å². The first-order valence-electron chi connectivity index (χ1n) is 6.56. The molecule has 0 radical (unpaired) electrons. The van der Waals surface area contributed by atoms with Crippen LogP contribution < -0.4 is 0 Å². The molecule has 0 N–H and O–H groups in total. The van der Waals surface area contributed by atoms with Gasteiger partial charge in [-0.05, 0) is 47.7 Å². The van der Waals surface area contributed by atoms with Crippen molar-refractivity contribution in [2.24, 2.45) is 5.92 Å². The summed E-state index contributed by atoms with van der Waals surface area (Å²) < 4.78 is 1.21. The summed E-state index contributed by atoms with van der Waals surface area (Å²) in [4.78, 5) is 2.66. The molecule has 1 atom stereocenters. The van der Waals surface area contributed by atoms with E-state index in [1.807, 2.05) is 11.3 Å². The van der Waals surface area contributed by atoms with Crippen molar-refractivity contribution < 1.29 is 0 Å². The van der Waals surface area contributed by atoms with Crippen LogP contribution in [0.4, 0.5) is 0 Å². The van der Waals surface area contributed by atoms with E-state index in [1.54, 1.807) is 0 Å². The molecule has 2 rings (SSSR count). The van der Waals surface area contributed by atoms with E-state index in [2.05, 4.69) is 28.9 Å². The van der Waals surface area contributed by atoms with E-state index in [9.17, 15) is 0 Å². The number of aryl methyl sites for hydroxylation is 1. The van der Waals surface area contributed by atoms with Crippen molar-refractivity contribution in [2.75, 3.05) is 0 Å². The van der Waals surface area contributed by atoms with Gasteiger partial charge in [0.05, 0.1) is 5.38 Å². The van der Waals surface area contributed by atoms with Crippen LogP contribution in [0.1, 0.15) is 60.1 Å². The van der Waals surface area contributed by atoms with Gasteiger partial charge in [-0.15, -0.1) is 22.9 Å². The fraction of sp³-hybridized carbons (Fsp3) is 0.714. The molecule has 0 aliphatic heterocycles. The molecular weight excluding hydrogens is 316 g/mol. The van der Waals surface area contributed by atoms with E-state index < -0.39 is 0 Å². The molecule has 1 saturated carbocycles. The molecule has 1 aromatic rings. The first kappa shape index (κ1) is 13.9. The Kier molecular flexibility index (Phi) is 5.38. The molecule has 0 bridgehead atoms. The van der Waals surface area contributed by atoms with Crippen molar-refractivity contribution >= 4 is 38.9 Å². The summed E-state index contributed by atoms with van der Waals surface area (Å²) in [5.74, 6) is 0.939. The summed E-state index contributed by atoms with van der Waals surface area (Å²) in [5.41, 5.74) is 0. The van der Waals surface area contributed by atoms with Crippen LogP contribution in [0.5, 0.6) is 0 Å². The molecule has 3 heteroatoms. The van der Waals surface area contributed by atoms with Crippen molar-refractivity contribution in [1.82, 2.24) is 0 Å². The van der Waals surface area contributed by atoms with Gasteiger partial charge >= 0.3 is 0 Å². The number of thiophene rings is 1. The Balaban J connectivity index is 1.82. The van der Waals surface area contributed by atoms with Gasteiger partial charge < -0.3 is 0 Å². The minimum atomic E-state index is 0.215. The molecular formula is C14H20BrClS. The number of hydrogen-bond acceptors (Lipinski definition) is 1. The second-order valence-electron chi connectivity index (χ2n) is 5.10. The highest BCUT2D eigenvalue weighted by molar-refractivity contribution is 9.10. The zero-order valence-electron chi connectivity index (χ0n) is 10.3. The second-order valence-corrected chi connectivity index (χ2v) is 7.77. The number of alkyl halides is 1.